The molecule has 0 bridgehead atoms. The Hall–Kier alpha value is -2.89. The summed E-state index contributed by atoms with van der Waals surface area (Å²) in [7, 11) is 0. The van der Waals surface area contributed by atoms with Crippen LogP contribution in [0.5, 0.6) is 0 Å². The summed E-state index contributed by atoms with van der Waals surface area (Å²) in [5.41, 5.74) is 0. The molecular formula is C56H95NO8. The standard InChI is InChI=1S/C56H95NO8/c1-3-5-7-9-11-13-15-17-19-21-23-24-25-26-28-30-32-34-36-38-40-42-44-46-52(60)57-49(48-64-56-55(63)54(62)53(61)51(47-58)65-56)50(59)45-43-41-39-37-35-33-31-29-27-22-20-18-16-14-12-10-8-6-4-2/h5,7,11,13,17,19,23-24,26-29,35,37,43,45,49-51,53-56,58-59,61-63H,3-4,6,8-10,12,14-16,18,20-22,25,30-34,36,38-42,44,46-48H2,1-2H3,(H,57,60)/b7-5-,13-11-,19-17-,24-23-,28-26-,29-27+,37-35+,45-43+. The molecule has 1 aliphatic rings. The highest BCUT2D eigenvalue weighted by Crippen LogP contribution is 2.22. The van der Waals surface area contributed by atoms with Crippen molar-refractivity contribution in [3.05, 3.63) is 97.2 Å². The Bertz CT molecular complexity index is 1330. The van der Waals surface area contributed by atoms with Gasteiger partial charge in [0.05, 0.1) is 25.4 Å². The second-order valence-corrected chi connectivity index (χ2v) is 17.6. The molecule has 65 heavy (non-hydrogen) atoms. The minimum Gasteiger partial charge on any atom is -0.394 e. The molecule has 9 heteroatoms. The van der Waals surface area contributed by atoms with Gasteiger partial charge in [-0.3, -0.25) is 4.79 Å². The van der Waals surface area contributed by atoms with Crippen molar-refractivity contribution < 1.29 is 39.8 Å². The number of carbonyl (C=O) groups excluding carboxylic acids is 1. The van der Waals surface area contributed by atoms with Crippen LogP contribution in [-0.2, 0) is 14.3 Å². The Labute approximate surface area is 396 Å². The largest absolute Gasteiger partial charge is 0.394 e. The summed E-state index contributed by atoms with van der Waals surface area (Å²) < 4.78 is 11.2. The van der Waals surface area contributed by atoms with Gasteiger partial charge in [0.15, 0.2) is 6.29 Å². The molecule has 372 valence electrons. The maximum Gasteiger partial charge on any atom is 0.220 e. The van der Waals surface area contributed by atoms with Crippen LogP contribution in [-0.4, -0.2) is 87.5 Å². The van der Waals surface area contributed by atoms with E-state index in [0.29, 0.717) is 6.42 Å². The second kappa shape index (κ2) is 44.9. The summed E-state index contributed by atoms with van der Waals surface area (Å²) >= 11 is 0. The average molecular weight is 910 g/mol. The van der Waals surface area contributed by atoms with Crippen molar-refractivity contribution in [2.24, 2.45) is 0 Å². The lowest BCUT2D eigenvalue weighted by molar-refractivity contribution is -0.302. The first-order valence-corrected chi connectivity index (χ1v) is 26.0. The van der Waals surface area contributed by atoms with Gasteiger partial charge >= 0.3 is 0 Å². The first-order chi connectivity index (χ1) is 31.8. The third-order valence-electron chi connectivity index (χ3n) is 11.6. The van der Waals surface area contributed by atoms with Crippen LogP contribution in [0.3, 0.4) is 0 Å². The maximum atomic E-state index is 13.0. The van der Waals surface area contributed by atoms with Gasteiger partial charge in [-0.25, -0.2) is 0 Å². The number of rotatable bonds is 42. The Kier molecular flexibility index (Phi) is 41.6. The number of aliphatic hydroxyl groups excluding tert-OH is 5. The Balaban J connectivity index is 2.35. The zero-order valence-corrected chi connectivity index (χ0v) is 41.0. The fourth-order valence-corrected chi connectivity index (χ4v) is 7.51. The topological polar surface area (TPSA) is 149 Å². The monoisotopic (exact) mass is 910 g/mol. The van der Waals surface area contributed by atoms with Crippen molar-refractivity contribution in [1.29, 1.82) is 0 Å². The van der Waals surface area contributed by atoms with Crippen molar-refractivity contribution >= 4 is 5.91 Å². The van der Waals surface area contributed by atoms with Crippen LogP contribution in [0.1, 0.15) is 194 Å². The highest BCUT2D eigenvalue weighted by molar-refractivity contribution is 5.76. The van der Waals surface area contributed by atoms with Crippen molar-refractivity contribution in [2.75, 3.05) is 13.2 Å². The van der Waals surface area contributed by atoms with E-state index in [1.54, 1.807) is 6.08 Å². The summed E-state index contributed by atoms with van der Waals surface area (Å²) in [5, 5.41) is 54.3. The molecule has 0 spiro atoms. The fraction of sp³-hybridized carbons (Fsp3) is 0.696. The number of hydrogen-bond acceptors (Lipinski definition) is 8. The van der Waals surface area contributed by atoms with E-state index in [1.807, 2.05) is 6.08 Å². The van der Waals surface area contributed by atoms with Crippen LogP contribution >= 0.6 is 0 Å². The van der Waals surface area contributed by atoms with Gasteiger partial charge < -0.3 is 40.3 Å². The first-order valence-electron chi connectivity index (χ1n) is 26.0. The summed E-state index contributed by atoms with van der Waals surface area (Å²) in [6.45, 7) is 3.62. The predicted octanol–water partition coefficient (Wildman–Crippen LogP) is 12.1. The number of allylic oxidation sites excluding steroid dienone is 15. The van der Waals surface area contributed by atoms with Crippen LogP contribution in [0, 0.1) is 0 Å². The third-order valence-corrected chi connectivity index (χ3v) is 11.6. The Morgan fingerprint density at radius 2 is 0.969 bits per heavy atom. The van der Waals surface area contributed by atoms with Crippen LogP contribution in [0.25, 0.3) is 0 Å². The number of amides is 1. The lowest BCUT2D eigenvalue weighted by Crippen LogP contribution is -2.60. The molecule has 7 unspecified atom stereocenters. The quantitative estimate of drug-likeness (QED) is 0.0262. The van der Waals surface area contributed by atoms with Gasteiger partial charge in [-0.05, 0) is 89.9 Å². The van der Waals surface area contributed by atoms with E-state index in [2.05, 4.69) is 104 Å². The molecular weight excluding hydrogens is 815 g/mol. The van der Waals surface area contributed by atoms with Gasteiger partial charge in [-0.15, -0.1) is 0 Å². The Morgan fingerprint density at radius 3 is 1.48 bits per heavy atom. The van der Waals surface area contributed by atoms with E-state index in [0.717, 1.165) is 96.3 Å². The SMILES string of the molecule is CC/C=C\C/C=C\C/C=C\C/C=C\C/C=C\CCCCCCCCCC(=O)NC(COC1OC(CO)C(O)C(O)C1O)C(O)/C=C/CC/C=C/CC/C=C/CCCCCCCCCCC. The van der Waals surface area contributed by atoms with Gasteiger partial charge in [-0.1, -0.05) is 195 Å². The summed E-state index contributed by atoms with van der Waals surface area (Å²) in [4.78, 5) is 13.0. The molecule has 1 amide bonds. The van der Waals surface area contributed by atoms with Crippen molar-refractivity contribution in [3.8, 4) is 0 Å². The number of hydrogen-bond donors (Lipinski definition) is 6. The average Bonchev–Trinajstić information content (AvgIpc) is 3.31. The van der Waals surface area contributed by atoms with Gasteiger partial charge in [0, 0.05) is 6.42 Å². The van der Waals surface area contributed by atoms with E-state index in [-0.39, 0.29) is 12.5 Å². The third kappa shape index (κ3) is 35.0. The van der Waals surface area contributed by atoms with E-state index >= 15 is 0 Å². The molecule has 0 radical (unpaired) electrons. The Morgan fingerprint density at radius 1 is 0.538 bits per heavy atom. The van der Waals surface area contributed by atoms with Crippen LogP contribution in [0.2, 0.25) is 0 Å². The summed E-state index contributed by atoms with van der Waals surface area (Å²) in [6, 6.07) is -0.841. The molecule has 7 atom stereocenters. The van der Waals surface area contributed by atoms with Crippen LogP contribution in [0.4, 0.5) is 0 Å². The lowest BCUT2D eigenvalue weighted by atomic mass is 9.99. The highest BCUT2D eigenvalue weighted by Gasteiger charge is 2.44. The number of unbranched alkanes of at least 4 members (excludes halogenated alkanes) is 18. The van der Waals surface area contributed by atoms with Crippen molar-refractivity contribution in [1.82, 2.24) is 5.32 Å². The highest BCUT2D eigenvalue weighted by atomic mass is 16.7. The minimum absolute atomic E-state index is 0.206. The minimum atomic E-state index is -1.58. The molecule has 1 saturated heterocycles. The van der Waals surface area contributed by atoms with E-state index in [1.165, 1.54) is 77.0 Å². The number of ether oxygens (including phenoxy) is 2. The molecule has 6 N–H and O–H groups in total. The van der Waals surface area contributed by atoms with E-state index in [9.17, 15) is 30.3 Å². The lowest BCUT2D eigenvalue weighted by Gasteiger charge is -2.40. The molecule has 0 aromatic heterocycles. The predicted molar refractivity (Wildman–Crippen MR) is 271 cm³/mol. The van der Waals surface area contributed by atoms with Gasteiger partial charge in [0.25, 0.3) is 0 Å². The smallest absolute Gasteiger partial charge is 0.220 e. The number of aliphatic hydroxyl groups is 5. The van der Waals surface area contributed by atoms with Gasteiger partial charge in [0.1, 0.15) is 24.4 Å². The molecule has 0 aromatic carbocycles. The molecule has 0 aromatic rings. The van der Waals surface area contributed by atoms with Crippen molar-refractivity contribution in [2.45, 2.75) is 236 Å². The zero-order chi connectivity index (χ0) is 47.3. The second-order valence-electron chi connectivity index (χ2n) is 17.6. The molecule has 1 rings (SSSR count). The molecule has 0 aliphatic carbocycles. The van der Waals surface area contributed by atoms with Crippen LogP contribution in [0.15, 0.2) is 97.2 Å². The molecule has 0 saturated carbocycles. The summed E-state index contributed by atoms with van der Waals surface area (Å²) in [6.07, 6.45) is 57.3. The van der Waals surface area contributed by atoms with Gasteiger partial charge in [-0.2, -0.15) is 0 Å². The first kappa shape index (κ1) is 60.1. The number of carbonyl (C=O) groups is 1. The van der Waals surface area contributed by atoms with E-state index < -0.39 is 49.5 Å². The molecule has 1 heterocycles. The number of nitrogens with one attached hydrogen (secondary N) is 1. The van der Waals surface area contributed by atoms with E-state index in [4.69, 9.17) is 9.47 Å². The molecule has 1 aliphatic heterocycles. The zero-order valence-electron chi connectivity index (χ0n) is 41.0. The fourth-order valence-electron chi connectivity index (χ4n) is 7.51. The molecule has 1 fully saturated rings. The normalized spacial score (nSPS) is 20.8. The van der Waals surface area contributed by atoms with Crippen LogP contribution < -0.4 is 5.32 Å². The molecule has 9 nitrogen and oxygen atoms in total. The van der Waals surface area contributed by atoms with Crippen molar-refractivity contribution in [3.63, 3.8) is 0 Å². The summed E-state index contributed by atoms with van der Waals surface area (Å²) in [5.74, 6) is -0.206. The van der Waals surface area contributed by atoms with Gasteiger partial charge in [0.2, 0.25) is 5.91 Å². The maximum absolute atomic E-state index is 13.0.